The van der Waals surface area contributed by atoms with Gasteiger partial charge in [0.05, 0.1) is 4.92 Å². The van der Waals surface area contributed by atoms with Crippen molar-refractivity contribution in [3.8, 4) is 5.69 Å². The van der Waals surface area contributed by atoms with E-state index in [0.717, 1.165) is 18.7 Å². The molecule has 0 saturated heterocycles. The molecule has 2 rings (SSSR count). The minimum absolute atomic E-state index is 0.0999. The summed E-state index contributed by atoms with van der Waals surface area (Å²) in [6.45, 7) is 2.05. The lowest BCUT2D eigenvalue weighted by atomic mass is 10.2. The third-order valence-electron chi connectivity index (χ3n) is 2.53. The summed E-state index contributed by atoms with van der Waals surface area (Å²) in [6, 6.07) is 6.69. The van der Waals surface area contributed by atoms with Gasteiger partial charge in [0.1, 0.15) is 11.5 Å². The number of imidazole rings is 1. The van der Waals surface area contributed by atoms with Gasteiger partial charge in [0.25, 0.3) is 5.69 Å². The summed E-state index contributed by atoms with van der Waals surface area (Å²) < 4.78 is 1.78. The predicted molar refractivity (Wildman–Crippen MR) is 64.2 cm³/mol. The van der Waals surface area contributed by atoms with E-state index in [1.165, 1.54) is 6.07 Å². The van der Waals surface area contributed by atoms with Gasteiger partial charge in [-0.2, -0.15) is 0 Å². The van der Waals surface area contributed by atoms with Gasteiger partial charge in [0, 0.05) is 24.9 Å². The first-order valence-electron chi connectivity index (χ1n) is 5.50. The Kier molecular flexibility index (Phi) is 3.18. The standard InChI is InChI=1S/C12H13N3O2/c1-2-5-12-13-8-9-14(12)10-6-3-4-7-11(10)15(16)17/h3-4,6-9H,2,5H2,1H3. The predicted octanol–water partition coefficient (Wildman–Crippen LogP) is 2.73. The van der Waals surface area contributed by atoms with Gasteiger partial charge in [-0.1, -0.05) is 19.1 Å². The molecular formula is C12H13N3O2. The summed E-state index contributed by atoms with van der Waals surface area (Å²) in [6.07, 6.45) is 5.19. The molecule has 0 N–H and O–H groups in total. The molecule has 5 nitrogen and oxygen atoms in total. The Labute approximate surface area is 98.9 Å². The van der Waals surface area contributed by atoms with Crippen LogP contribution in [0.4, 0.5) is 5.69 Å². The van der Waals surface area contributed by atoms with E-state index in [2.05, 4.69) is 11.9 Å². The molecule has 0 amide bonds. The van der Waals surface area contributed by atoms with Crippen LogP contribution in [0, 0.1) is 10.1 Å². The van der Waals surface area contributed by atoms with Crippen molar-refractivity contribution in [2.75, 3.05) is 0 Å². The molecule has 0 fully saturated rings. The van der Waals surface area contributed by atoms with Crippen LogP contribution in [0.3, 0.4) is 0 Å². The molecule has 0 atom stereocenters. The highest BCUT2D eigenvalue weighted by molar-refractivity contribution is 5.52. The summed E-state index contributed by atoms with van der Waals surface area (Å²) in [5.74, 6) is 0.849. The molecule has 5 heteroatoms. The molecule has 88 valence electrons. The van der Waals surface area contributed by atoms with E-state index >= 15 is 0 Å². The van der Waals surface area contributed by atoms with Crippen LogP contribution < -0.4 is 0 Å². The first-order valence-corrected chi connectivity index (χ1v) is 5.50. The fourth-order valence-electron chi connectivity index (χ4n) is 1.78. The van der Waals surface area contributed by atoms with Crippen LogP contribution >= 0.6 is 0 Å². The van der Waals surface area contributed by atoms with Crippen molar-refractivity contribution in [3.05, 3.63) is 52.6 Å². The molecule has 0 saturated carbocycles. The minimum Gasteiger partial charge on any atom is -0.298 e. The van der Waals surface area contributed by atoms with E-state index in [1.807, 2.05) is 0 Å². The monoisotopic (exact) mass is 231 g/mol. The second-order valence-corrected chi connectivity index (χ2v) is 3.71. The Hall–Kier alpha value is -2.17. The van der Waals surface area contributed by atoms with Crippen LogP contribution in [-0.4, -0.2) is 14.5 Å². The van der Waals surface area contributed by atoms with Crippen LogP contribution in [0.25, 0.3) is 5.69 Å². The largest absolute Gasteiger partial charge is 0.298 e. The van der Waals surface area contributed by atoms with Gasteiger partial charge in [-0.3, -0.25) is 14.7 Å². The molecule has 0 aliphatic heterocycles. The zero-order valence-electron chi connectivity index (χ0n) is 9.54. The molecule has 1 aromatic heterocycles. The van der Waals surface area contributed by atoms with Crippen molar-refractivity contribution in [3.63, 3.8) is 0 Å². The first-order chi connectivity index (χ1) is 8.24. The molecule has 0 spiro atoms. The third-order valence-corrected chi connectivity index (χ3v) is 2.53. The average molecular weight is 231 g/mol. The maximum Gasteiger partial charge on any atom is 0.293 e. The van der Waals surface area contributed by atoms with Crippen LogP contribution in [0.2, 0.25) is 0 Å². The van der Waals surface area contributed by atoms with Gasteiger partial charge < -0.3 is 0 Å². The van der Waals surface area contributed by atoms with E-state index < -0.39 is 0 Å². The maximum absolute atomic E-state index is 11.0. The van der Waals surface area contributed by atoms with Gasteiger partial charge in [0.15, 0.2) is 0 Å². The number of para-hydroxylation sites is 2. The van der Waals surface area contributed by atoms with Crippen LogP contribution in [0.5, 0.6) is 0 Å². The van der Waals surface area contributed by atoms with Gasteiger partial charge in [-0.05, 0) is 12.5 Å². The number of nitrogens with zero attached hydrogens (tertiary/aromatic N) is 3. The van der Waals surface area contributed by atoms with Crippen LogP contribution in [0.1, 0.15) is 19.2 Å². The molecule has 0 aliphatic rings. The lowest BCUT2D eigenvalue weighted by molar-refractivity contribution is -0.384. The number of aromatic nitrogens is 2. The number of nitro benzene ring substituents is 1. The molecule has 1 aromatic carbocycles. The zero-order chi connectivity index (χ0) is 12.3. The van der Waals surface area contributed by atoms with Crippen molar-refractivity contribution in [2.45, 2.75) is 19.8 Å². The van der Waals surface area contributed by atoms with Gasteiger partial charge in [0.2, 0.25) is 0 Å². The summed E-state index contributed by atoms with van der Waals surface area (Å²) in [5, 5.41) is 11.0. The Bertz CT molecular complexity index is 534. The fourth-order valence-corrected chi connectivity index (χ4v) is 1.78. The molecule has 17 heavy (non-hydrogen) atoms. The fraction of sp³-hybridized carbons (Fsp3) is 0.250. The quantitative estimate of drug-likeness (QED) is 0.600. The zero-order valence-corrected chi connectivity index (χ0v) is 9.54. The lowest BCUT2D eigenvalue weighted by Crippen LogP contribution is -2.03. The molecule has 0 unspecified atom stereocenters. The van der Waals surface area contributed by atoms with Crippen molar-refractivity contribution in [1.29, 1.82) is 0 Å². The normalized spacial score (nSPS) is 10.4. The number of hydrogen-bond donors (Lipinski definition) is 0. The van der Waals surface area contributed by atoms with Crippen LogP contribution in [0.15, 0.2) is 36.7 Å². The molecule has 0 aliphatic carbocycles. The summed E-state index contributed by atoms with van der Waals surface area (Å²) >= 11 is 0. The Morgan fingerprint density at radius 1 is 1.41 bits per heavy atom. The highest BCUT2D eigenvalue weighted by Gasteiger charge is 2.15. The van der Waals surface area contributed by atoms with Gasteiger partial charge >= 0.3 is 0 Å². The average Bonchev–Trinajstić information content (AvgIpc) is 2.77. The van der Waals surface area contributed by atoms with Crippen molar-refractivity contribution < 1.29 is 4.92 Å². The number of rotatable bonds is 4. The number of benzene rings is 1. The first kappa shape index (κ1) is 11.3. The van der Waals surface area contributed by atoms with Gasteiger partial charge in [-0.25, -0.2) is 4.98 Å². The van der Waals surface area contributed by atoms with Crippen LogP contribution in [-0.2, 0) is 6.42 Å². The third kappa shape index (κ3) is 2.18. The van der Waals surface area contributed by atoms with Crippen molar-refractivity contribution in [2.24, 2.45) is 0 Å². The van der Waals surface area contributed by atoms with E-state index in [9.17, 15) is 10.1 Å². The van der Waals surface area contributed by atoms with Gasteiger partial charge in [-0.15, -0.1) is 0 Å². The number of nitro groups is 1. The lowest BCUT2D eigenvalue weighted by Gasteiger charge is -2.07. The summed E-state index contributed by atoms with van der Waals surface area (Å²) in [7, 11) is 0. The van der Waals surface area contributed by atoms with E-state index in [0.29, 0.717) is 5.69 Å². The molecular weight excluding hydrogens is 218 g/mol. The Morgan fingerprint density at radius 3 is 2.88 bits per heavy atom. The highest BCUT2D eigenvalue weighted by atomic mass is 16.6. The molecule has 0 bridgehead atoms. The summed E-state index contributed by atoms with van der Waals surface area (Å²) in [4.78, 5) is 14.8. The second-order valence-electron chi connectivity index (χ2n) is 3.71. The van der Waals surface area contributed by atoms with E-state index in [-0.39, 0.29) is 10.6 Å². The Balaban J connectivity index is 2.52. The maximum atomic E-state index is 11.0. The molecule has 1 heterocycles. The SMILES string of the molecule is CCCc1nccn1-c1ccccc1[N+](=O)[O-]. The Morgan fingerprint density at radius 2 is 2.18 bits per heavy atom. The van der Waals surface area contributed by atoms with E-state index in [1.54, 1.807) is 35.2 Å². The number of hydrogen-bond acceptors (Lipinski definition) is 3. The number of aryl methyl sites for hydroxylation is 1. The molecule has 0 radical (unpaired) electrons. The van der Waals surface area contributed by atoms with E-state index in [4.69, 9.17) is 0 Å². The smallest absolute Gasteiger partial charge is 0.293 e. The molecule has 2 aromatic rings. The van der Waals surface area contributed by atoms with Crippen molar-refractivity contribution >= 4 is 5.69 Å². The highest BCUT2D eigenvalue weighted by Crippen LogP contribution is 2.23. The minimum atomic E-state index is -0.370. The topological polar surface area (TPSA) is 61.0 Å². The summed E-state index contributed by atoms with van der Waals surface area (Å²) in [5.41, 5.74) is 0.668. The van der Waals surface area contributed by atoms with Crippen molar-refractivity contribution in [1.82, 2.24) is 9.55 Å². The second kappa shape index (κ2) is 4.78.